The zero-order chi connectivity index (χ0) is 24.5. The molecule has 3 aromatic carbocycles. The molecule has 0 fully saturated rings. The Morgan fingerprint density at radius 1 is 1.09 bits per heavy atom. The van der Waals surface area contributed by atoms with E-state index < -0.39 is 0 Å². The Bertz CT molecular complexity index is 1370. The van der Waals surface area contributed by atoms with Gasteiger partial charge < -0.3 is 10.0 Å². The summed E-state index contributed by atoms with van der Waals surface area (Å²) >= 11 is 7.32. The number of anilines is 1. The Labute approximate surface area is 213 Å². The van der Waals surface area contributed by atoms with Crippen molar-refractivity contribution in [1.82, 2.24) is 5.01 Å². The molecule has 1 N–H and O–H groups in total. The number of rotatable bonds is 4. The van der Waals surface area contributed by atoms with E-state index in [9.17, 15) is 9.90 Å². The third-order valence-corrected chi connectivity index (χ3v) is 7.10. The van der Waals surface area contributed by atoms with E-state index in [-0.39, 0.29) is 17.7 Å². The number of hydrogen-bond acceptors (Lipinski definition) is 6. The second-order valence-corrected chi connectivity index (χ2v) is 9.92. The molecule has 1 atom stereocenters. The van der Waals surface area contributed by atoms with E-state index >= 15 is 0 Å². The number of hydrogen-bond donors (Lipinski definition) is 1. The van der Waals surface area contributed by atoms with Gasteiger partial charge in [0, 0.05) is 36.8 Å². The zero-order valence-electron chi connectivity index (χ0n) is 19.2. The maximum Gasteiger partial charge on any atom is 0.286 e. The lowest BCUT2D eigenvalue weighted by molar-refractivity contribution is -0.113. The van der Waals surface area contributed by atoms with Gasteiger partial charge in [0.1, 0.15) is 5.75 Å². The average molecular weight is 503 g/mol. The van der Waals surface area contributed by atoms with Gasteiger partial charge in [-0.25, -0.2) is 5.01 Å². The number of benzene rings is 3. The highest BCUT2D eigenvalue weighted by atomic mass is 35.5. The van der Waals surface area contributed by atoms with Gasteiger partial charge in [0.2, 0.25) is 0 Å². The highest BCUT2D eigenvalue weighted by Crippen LogP contribution is 2.40. The molecular formula is C27H23ClN4O2S. The number of amides is 1. The van der Waals surface area contributed by atoms with Crippen LogP contribution in [0.1, 0.15) is 29.2 Å². The molecule has 3 aromatic rings. The van der Waals surface area contributed by atoms with Crippen molar-refractivity contribution < 1.29 is 9.90 Å². The summed E-state index contributed by atoms with van der Waals surface area (Å²) in [7, 11) is 4.02. The maximum absolute atomic E-state index is 12.8. The van der Waals surface area contributed by atoms with Crippen LogP contribution in [0.15, 0.2) is 87.8 Å². The van der Waals surface area contributed by atoms with Crippen molar-refractivity contribution in [3.8, 4) is 5.75 Å². The first-order valence-electron chi connectivity index (χ1n) is 11.1. The molecule has 1 amide bonds. The van der Waals surface area contributed by atoms with E-state index in [0.29, 0.717) is 27.1 Å². The van der Waals surface area contributed by atoms with Gasteiger partial charge in [-0.15, -0.1) is 0 Å². The van der Waals surface area contributed by atoms with Crippen LogP contribution in [0.3, 0.4) is 0 Å². The number of aliphatic imine (C=N–C) groups is 1. The summed E-state index contributed by atoms with van der Waals surface area (Å²) in [5.74, 6) is -0.317. The molecule has 2 aliphatic rings. The molecule has 6 nitrogen and oxygen atoms in total. The van der Waals surface area contributed by atoms with Gasteiger partial charge in [-0.05, 0) is 59.3 Å². The minimum absolute atomic E-state index is 0.0492. The van der Waals surface area contributed by atoms with Gasteiger partial charge in [0.15, 0.2) is 5.17 Å². The number of thioether (sulfide) groups is 1. The molecule has 0 saturated heterocycles. The van der Waals surface area contributed by atoms with Gasteiger partial charge in [0.05, 0.1) is 16.7 Å². The number of aromatic hydroxyl groups is 1. The number of halogens is 1. The smallest absolute Gasteiger partial charge is 0.286 e. The minimum Gasteiger partial charge on any atom is -0.507 e. The highest BCUT2D eigenvalue weighted by molar-refractivity contribution is 8.18. The topological polar surface area (TPSA) is 68.5 Å². The summed E-state index contributed by atoms with van der Waals surface area (Å²) in [5, 5.41) is 17.9. The second kappa shape index (κ2) is 9.60. The molecular weight excluding hydrogens is 480 g/mol. The van der Waals surface area contributed by atoms with Gasteiger partial charge in [-0.3, -0.25) is 4.79 Å². The largest absolute Gasteiger partial charge is 0.507 e. The summed E-state index contributed by atoms with van der Waals surface area (Å²) in [6.45, 7) is 0. The fraction of sp³-hybridized carbons (Fsp3) is 0.148. The first-order valence-corrected chi connectivity index (χ1v) is 12.3. The van der Waals surface area contributed by atoms with Crippen LogP contribution in [-0.2, 0) is 4.79 Å². The quantitative estimate of drug-likeness (QED) is 0.447. The summed E-state index contributed by atoms with van der Waals surface area (Å²) in [5.41, 5.74) is 4.64. The SMILES string of the molecule is CN(C)c1ccc(C2CC(c3ccccc3)=NN2C2=NC(=O)/C(=C/c3cc(Cl)ccc3O)S2)cc1. The molecule has 0 aromatic heterocycles. The predicted octanol–water partition coefficient (Wildman–Crippen LogP) is 5.93. The Morgan fingerprint density at radius 2 is 1.83 bits per heavy atom. The van der Waals surface area contributed by atoms with Crippen LogP contribution in [0.2, 0.25) is 5.02 Å². The van der Waals surface area contributed by atoms with Crippen molar-refractivity contribution in [2.24, 2.45) is 10.1 Å². The van der Waals surface area contributed by atoms with Crippen LogP contribution in [0.5, 0.6) is 5.75 Å². The number of carbonyl (C=O) groups excluding carboxylic acids is 1. The van der Waals surface area contributed by atoms with Crippen molar-refractivity contribution in [2.75, 3.05) is 19.0 Å². The van der Waals surface area contributed by atoms with E-state index in [2.05, 4.69) is 34.2 Å². The molecule has 0 radical (unpaired) electrons. The van der Waals surface area contributed by atoms with E-state index in [1.165, 1.54) is 17.8 Å². The molecule has 2 aliphatic heterocycles. The Hall–Kier alpha value is -3.55. The van der Waals surface area contributed by atoms with Crippen LogP contribution in [0, 0.1) is 0 Å². The van der Waals surface area contributed by atoms with E-state index in [1.807, 2.05) is 49.4 Å². The molecule has 0 aliphatic carbocycles. The zero-order valence-corrected chi connectivity index (χ0v) is 20.8. The lowest BCUT2D eigenvalue weighted by Crippen LogP contribution is -2.23. The van der Waals surface area contributed by atoms with E-state index in [0.717, 1.165) is 22.5 Å². The maximum atomic E-state index is 12.8. The Kier molecular flexibility index (Phi) is 6.36. The monoisotopic (exact) mass is 502 g/mol. The molecule has 35 heavy (non-hydrogen) atoms. The van der Waals surface area contributed by atoms with Crippen LogP contribution in [0.25, 0.3) is 6.08 Å². The second-order valence-electron chi connectivity index (χ2n) is 8.48. The van der Waals surface area contributed by atoms with Gasteiger partial charge in [0.25, 0.3) is 5.91 Å². The standard InChI is InChI=1S/C27H23ClN4O2S/c1-31(2)21-11-8-18(9-12-21)23-16-22(17-6-4-3-5-7-17)30-32(23)27-29-26(34)25(35-27)15-19-14-20(28)10-13-24(19)33/h3-15,23,33H,16H2,1-2H3/b25-15-. The van der Waals surface area contributed by atoms with Crippen molar-refractivity contribution in [2.45, 2.75) is 12.5 Å². The fourth-order valence-corrected chi connectivity index (χ4v) is 5.11. The number of amidine groups is 1. The third kappa shape index (κ3) is 4.83. The number of nitrogens with zero attached hydrogens (tertiary/aromatic N) is 4. The number of phenolic OH excluding ortho intramolecular Hbond substituents is 1. The summed E-state index contributed by atoms with van der Waals surface area (Å²) in [6.07, 6.45) is 2.30. The van der Waals surface area contributed by atoms with E-state index in [1.54, 1.807) is 18.2 Å². The Balaban J connectivity index is 1.48. The van der Waals surface area contributed by atoms with Crippen molar-refractivity contribution in [1.29, 1.82) is 0 Å². The minimum atomic E-state index is -0.366. The van der Waals surface area contributed by atoms with Gasteiger partial charge in [-0.1, -0.05) is 54.1 Å². The van der Waals surface area contributed by atoms with Crippen LogP contribution in [0.4, 0.5) is 5.69 Å². The summed E-state index contributed by atoms with van der Waals surface area (Å²) < 4.78 is 0. The number of phenols is 1. The third-order valence-electron chi connectivity index (χ3n) is 5.89. The fourth-order valence-electron chi connectivity index (χ4n) is 4.02. The molecule has 0 bridgehead atoms. The molecule has 8 heteroatoms. The molecule has 5 rings (SSSR count). The number of carbonyl (C=O) groups is 1. The van der Waals surface area contributed by atoms with Crippen LogP contribution < -0.4 is 4.90 Å². The van der Waals surface area contributed by atoms with Crippen molar-refractivity contribution >= 4 is 51.9 Å². The average Bonchev–Trinajstić information content (AvgIpc) is 3.46. The first kappa shape index (κ1) is 23.2. The normalized spacial score (nSPS) is 18.7. The molecule has 0 saturated carbocycles. The van der Waals surface area contributed by atoms with Crippen LogP contribution >= 0.6 is 23.4 Å². The molecule has 1 unspecified atom stereocenters. The lowest BCUT2D eigenvalue weighted by atomic mass is 9.98. The predicted molar refractivity (Wildman–Crippen MR) is 144 cm³/mol. The van der Waals surface area contributed by atoms with Gasteiger partial charge in [-0.2, -0.15) is 10.1 Å². The van der Waals surface area contributed by atoms with Gasteiger partial charge >= 0.3 is 0 Å². The van der Waals surface area contributed by atoms with Crippen LogP contribution in [-0.4, -0.2) is 41.0 Å². The van der Waals surface area contributed by atoms with Crippen molar-refractivity contribution in [3.05, 3.63) is 99.4 Å². The molecule has 0 spiro atoms. The first-order chi connectivity index (χ1) is 16.9. The molecule has 176 valence electrons. The van der Waals surface area contributed by atoms with Crippen molar-refractivity contribution in [3.63, 3.8) is 0 Å². The number of hydrazone groups is 1. The lowest BCUT2D eigenvalue weighted by Gasteiger charge is -2.23. The van der Waals surface area contributed by atoms with E-state index in [4.69, 9.17) is 16.7 Å². The highest BCUT2D eigenvalue weighted by Gasteiger charge is 2.36. The Morgan fingerprint density at radius 3 is 2.54 bits per heavy atom. The molecule has 2 heterocycles. The summed E-state index contributed by atoms with van der Waals surface area (Å²) in [6, 6.07) is 23.0. The summed E-state index contributed by atoms with van der Waals surface area (Å²) in [4.78, 5) is 19.6.